The SMILES string of the molecule is COCc1ccc(C(C)(C)CO)cc1. The molecule has 1 N–H and O–H groups in total. The van der Waals surface area contributed by atoms with E-state index in [2.05, 4.69) is 0 Å². The van der Waals surface area contributed by atoms with Gasteiger partial charge >= 0.3 is 0 Å². The number of aliphatic hydroxyl groups is 1. The lowest BCUT2D eigenvalue weighted by Gasteiger charge is -2.22. The van der Waals surface area contributed by atoms with Crippen LogP contribution < -0.4 is 0 Å². The van der Waals surface area contributed by atoms with Gasteiger partial charge in [0.25, 0.3) is 0 Å². The number of hydrogen-bond donors (Lipinski definition) is 1. The number of ether oxygens (including phenoxy) is 1. The summed E-state index contributed by atoms with van der Waals surface area (Å²) in [6.45, 7) is 4.85. The van der Waals surface area contributed by atoms with Crippen LogP contribution in [0.15, 0.2) is 24.3 Å². The normalized spacial score (nSPS) is 11.7. The minimum absolute atomic E-state index is 0.161. The van der Waals surface area contributed by atoms with Crippen LogP contribution in [0.4, 0.5) is 0 Å². The highest BCUT2D eigenvalue weighted by molar-refractivity contribution is 5.27. The molecule has 0 saturated heterocycles. The average Bonchev–Trinajstić information content (AvgIpc) is 2.19. The number of rotatable bonds is 4. The largest absolute Gasteiger partial charge is 0.395 e. The van der Waals surface area contributed by atoms with E-state index in [-0.39, 0.29) is 12.0 Å². The topological polar surface area (TPSA) is 29.5 Å². The molecule has 2 nitrogen and oxygen atoms in total. The number of methoxy groups -OCH3 is 1. The molecule has 0 aliphatic rings. The summed E-state index contributed by atoms with van der Waals surface area (Å²) in [5, 5.41) is 9.20. The smallest absolute Gasteiger partial charge is 0.0713 e. The highest BCUT2D eigenvalue weighted by Gasteiger charge is 2.18. The summed E-state index contributed by atoms with van der Waals surface area (Å²) in [5.41, 5.74) is 2.15. The van der Waals surface area contributed by atoms with Crippen LogP contribution in [0, 0.1) is 0 Å². The number of aliphatic hydroxyl groups excluding tert-OH is 1. The Morgan fingerprint density at radius 3 is 2.21 bits per heavy atom. The molecule has 0 spiro atoms. The molecular formula is C12H18O2. The molecule has 2 heteroatoms. The molecule has 1 aromatic rings. The van der Waals surface area contributed by atoms with E-state index in [4.69, 9.17) is 4.74 Å². The van der Waals surface area contributed by atoms with Crippen molar-refractivity contribution >= 4 is 0 Å². The van der Waals surface area contributed by atoms with Crippen molar-refractivity contribution in [1.29, 1.82) is 0 Å². The van der Waals surface area contributed by atoms with E-state index in [1.54, 1.807) is 7.11 Å². The van der Waals surface area contributed by atoms with E-state index in [1.807, 2.05) is 38.1 Å². The summed E-state index contributed by atoms with van der Waals surface area (Å²) in [7, 11) is 1.69. The van der Waals surface area contributed by atoms with Crippen molar-refractivity contribution in [1.82, 2.24) is 0 Å². The monoisotopic (exact) mass is 194 g/mol. The van der Waals surface area contributed by atoms with Crippen LogP contribution in [-0.4, -0.2) is 18.8 Å². The van der Waals surface area contributed by atoms with Crippen LogP contribution in [0.5, 0.6) is 0 Å². The first kappa shape index (κ1) is 11.2. The molecular weight excluding hydrogens is 176 g/mol. The fourth-order valence-corrected chi connectivity index (χ4v) is 1.31. The maximum atomic E-state index is 9.20. The molecule has 0 radical (unpaired) electrons. The molecule has 0 aromatic heterocycles. The van der Waals surface area contributed by atoms with Crippen molar-refractivity contribution in [3.05, 3.63) is 35.4 Å². The molecule has 0 aliphatic heterocycles. The first-order valence-corrected chi connectivity index (χ1v) is 4.79. The summed E-state index contributed by atoms with van der Waals surface area (Å²) in [4.78, 5) is 0. The second-order valence-corrected chi connectivity index (χ2v) is 4.17. The van der Waals surface area contributed by atoms with Crippen molar-refractivity contribution in [3.63, 3.8) is 0 Å². The standard InChI is InChI=1S/C12H18O2/c1-12(2,9-13)11-6-4-10(5-7-11)8-14-3/h4-7,13H,8-9H2,1-3H3. The molecule has 0 amide bonds. The first-order valence-electron chi connectivity index (χ1n) is 4.79. The molecule has 1 rings (SSSR count). The van der Waals surface area contributed by atoms with Crippen molar-refractivity contribution in [2.75, 3.05) is 13.7 Å². The molecule has 0 unspecified atom stereocenters. The van der Waals surface area contributed by atoms with Gasteiger partial charge < -0.3 is 9.84 Å². The Balaban J connectivity index is 2.82. The molecule has 1 aromatic carbocycles. The molecule has 0 heterocycles. The quantitative estimate of drug-likeness (QED) is 0.795. The third-order valence-corrected chi connectivity index (χ3v) is 2.44. The highest BCUT2D eigenvalue weighted by Crippen LogP contribution is 2.22. The van der Waals surface area contributed by atoms with Crippen LogP contribution in [0.1, 0.15) is 25.0 Å². The lowest BCUT2D eigenvalue weighted by Crippen LogP contribution is -2.21. The second kappa shape index (κ2) is 4.58. The Morgan fingerprint density at radius 2 is 1.79 bits per heavy atom. The van der Waals surface area contributed by atoms with Crippen LogP contribution in [-0.2, 0) is 16.8 Å². The van der Waals surface area contributed by atoms with E-state index in [1.165, 1.54) is 0 Å². The molecule has 0 aliphatic carbocycles. The van der Waals surface area contributed by atoms with E-state index in [0.717, 1.165) is 11.1 Å². The van der Waals surface area contributed by atoms with Gasteiger partial charge in [-0.1, -0.05) is 38.1 Å². The maximum Gasteiger partial charge on any atom is 0.0713 e. The third-order valence-electron chi connectivity index (χ3n) is 2.44. The van der Waals surface area contributed by atoms with Crippen molar-refractivity contribution in [3.8, 4) is 0 Å². The fourth-order valence-electron chi connectivity index (χ4n) is 1.31. The average molecular weight is 194 g/mol. The van der Waals surface area contributed by atoms with Crippen LogP contribution in [0.25, 0.3) is 0 Å². The molecule has 0 fully saturated rings. The summed E-state index contributed by atoms with van der Waals surface area (Å²) < 4.78 is 5.03. The molecule has 0 atom stereocenters. The summed E-state index contributed by atoms with van der Waals surface area (Å²) in [6.07, 6.45) is 0. The molecule has 14 heavy (non-hydrogen) atoms. The Hall–Kier alpha value is -0.860. The van der Waals surface area contributed by atoms with Gasteiger partial charge in [0.05, 0.1) is 13.2 Å². The lowest BCUT2D eigenvalue weighted by atomic mass is 9.85. The van der Waals surface area contributed by atoms with Gasteiger partial charge in [-0.2, -0.15) is 0 Å². The fraction of sp³-hybridized carbons (Fsp3) is 0.500. The lowest BCUT2D eigenvalue weighted by molar-refractivity contribution is 0.184. The third kappa shape index (κ3) is 2.56. The van der Waals surface area contributed by atoms with Gasteiger partial charge in [0.1, 0.15) is 0 Å². The van der Waals surface area contributed by atoms with E-state index in [9.17, 15) is 5.11 Å². The van der Waals surface area contributed by atoms with Crippen molar-refractivity contribution in [2.24, 2.45) is 0 Å². The van der Waals surface area contributed by atoms with Crippen molar-refractivity contribution in [2.45, 2.75) is 25.9 Å². The van der Waals surface area contributed by atoms with Gasteiger partial charge in [0.2, 0.25) is 0 Å². The van der Waals surface area contributed by atoms with E-state index < -0.39 is 0 Å². The predicted molar refractivity (Wildman–Crippen MR) is 57.3 cm³/mol. The van der Waals surface area contributed by atoms with Crippen LogP contribution in [0.3, 0.4) is 0 Å². The summed E-state index contributed by atoms with van der Waals surface area (Å²) >= 11 is 0. The van der Waals surface area contributed by atoms with Crippen LogP contribution in [0.2, 0.25) is 0 Å². The zero-order valence-electron chi connectivity index (χ0n) is 9.08. The Morgan fingerprint density at radius 1 is 1.21 bits per heavy atom. The maximum absolute atomic E-state index is 9.20. The molecule has 0 saturated carbocycles. The van der Waals surface area contributed by atoms with E-state index in [0.29, 0.717) is 6.61 Å². The van der Waals surface area contributed by atoms with Gasteiger partial charge in [0.15, 0.2) is 0 Å². The molecule has 78 valence electrons. The Bertz CT molecular complexity index is 275. The first-order chi connectivity index (χ1) is 6.60. The zero-order chi connectivity index (χ0) is 10.6. The van der Waals surface area contributed by atoms with Gasteiger partial charge in [0, 0.05) is 12.5 Å². The van der Waals surface area contributed by atoms with Gasteiger partial charge in [-0.15, -0.1) is 0 Å². The predicted octanol–water partition coefficient (Wildman–Crippen LogP) is 2.10. The summed E-state index contributed by atoms with van der Waals surface area (Å²) in [5.74, 6) is 0. The molecule has 0 bridgehead atoms. The second-order valence-electron chi connectivity index (χ2n) is 4.17. The zero-order valence-corrected chi connectivity index (χ0v) is 9.08. The minimum Gasteiger partial charge on any atom is -0.395 e. The van der Waals surface area contributed by atoms with Gasteiger partial charge in [-0.3, -0.25) is 0 Å². The number of hydrogen-bond acceptors (Lipinski definition) is 2. The number of benzene rings is 1. The summed E-state index contributed by atoms with van der Waals surface area (Å²) in [6, 6.07) is 8.17. The highest BCUT2D eigenvalue weighted by atomic mass is 16.5. The van der Waals surface area contributed by atoms with Gasteiger partial charge in [-0.05, 0) is 11.1 Å². The van der Waals surface area contributed by atoms with E-state index >= 15 is 0 Å². The van der Waals surface area contributed by atoms with Gasteiger partial charge in [-0.25, -0.2) is 0 Å². The Kier molecular flexibility index (Phi) is 3.67. The Labute approximate surface area is 85.5 Å². The van der Waals surface area contributed by atoms with Crippen molar-refractivity contribution < 1.29 is 9.84 Å². The minimum atomic E-state index is -0.161. The van der Waals surface area contributed by atoms with Crippen LogP contribution >= 0.6 is 0 Å².